The summed E-state index contributed by atoms with van der Waals surface area (Å²) in [6.07, 6.45) is 1.76. The predicted molar refractivity (Wildman–Crippen MR) is 97.6 cm³/mol. The van der Waals surface area contributed by atoms with Gasteiger partial charge >= 0.3 is 0 Å². The minimum absolute atomic E-state index is 0.671. The molecule has 4 nitrogen and oxygen atoms in total. The van der Waals surface area contributed by atoms with Gasteiger partial charge in [-0.25, -0.2) is 9.97 Å². The Morgan fingerprint density at radius 2 is 1.74 bits per heavy atom. The summed E-state index contributed by atoms with van der Waals surface area (Å²) in [6.45, 7) is 1.94. The lowest BCUT2D eigenvalue weighted by atomic mass is 10.2. The number of nitrogens with one attached hydrogen (secondary N) is 1. The molecule has 2 aromatic carbocycles. The summed E-state index contributed by atoms with van der Waals surface area (Å²) < 4.78 is 1.04. The van der Waals surface area contributed by atoms with E-state index in [9.17, 15) is 0 Å². The Morgan fingerprint density at radius 1 is 1.00 bits per heavy atom. The Balaban J connectivity index is 1.78. The van der Waals surface area contributed by atoms with Crippen molar-refractivity contribution in [3.05, 3.63) is 76.4 Å². The molecule has 0 atom stereocenters. The number of nitrogens with zero attached hydrogens (tertiary/aromatic N) is 3. The first kappa shape index (κ1) is 15.4. The number of aromatic nitrogens is 2. The Bertz CT molecular complexity index is 814. The summed E-state index contributed by atoms with van der Waals surface area (Å²) in [5.74, 6) is 1.36. The molecule has 1 N–H and O–H groups in total. The fourth-order valence-electron chi connectivity index (χ4n) is 2.06. The van der Waals surface area contributed by atoms with Gasteiger partial charge in [0.25, 0.3) is 0 Å². The number of hydrazone groups is 1. The van der Waals surface area contributed by atoms with Crippen LogP contribution in [0.4, 0.5) is 5.82 Å². The Hall–Kier alpha value is -2.53. The van der Waals surface area contributed by atoms with Crippen molar-refractivity contribution >= 4 is 28.0 Å². The molecule has 0 radical (unpaired) electrons. The first-order valence-corrected chi connectivity index (χ1v) is 7.96. The molecule has 23 heavy (non-hydrogen) atoms. The van der Waals surface area contributed by atoms with Gasteiger partial charge in [0.05, 0.1) is 6.21 Å². The van der Waals surface area contributed by atoms with E-state index in [0.717, 1.165) is 21.3 Å². The average Bonchev–Trinajstić information content (AvgIpc) is 2.57. The first-order valence-electron chi connectivity index (χ1n) is 7.16. The van der Waals surface area contributed by atoms with E-state index in [2.05, 4.69) is 36.4 Å². The van der Waals surface area contributed by atoms with Gasteiger partial charge in [-0.3, -0.25) is 5.43 Å². The number of benzene rings is 2. The number of aryl methyl sites for hydroxylation is 1. The van der Waals surface area contributed by atoms with Crippen LogP contribution in [-0.4, -0.2) is 16.2 Å². The van der Waals surface area contributed by atoms with Crippen LogP contribution in [0.1, 0.15) is 11.3 Å². The molecule has 3 rings (SSSR count). The van der Waals surface area contributed by atoms with Crippen LogP contribution >= 0.6 is 15.9 Å². The first-order chi connectivity index (χ1) is 11.2. The minimum Gasteiger partial charge on any atom is -0.261 e. The molecule has 0 bridgehead atoms. The van der Waals surface area contributed by atoms with Crippen LogP contribution in [0.15, 0.2) is 70.2 Å². The lowest BCUT2D eigenvalue weighted by molar-refractivity contribution is 1.10. The van der Waals surface area contributed by atoms with Crippen LogP contribution in [0.3, 0.4) is 0 Å². The smallest absolute Gasteiger partial charge is 0.161 e. The fraction of sp³-hybridized carbons (Fsp3) is 0.0556. The molecule has 0 aliphatic heterocycles. The number of hydrogen-bond acceptors (Lipinski definition) is 4. The zero-order valence-corrected chi connectivity index (χ0v) is 14.2. The van der Waals surface area contributed by atoms with Crippen LogP contribution in [0, 0.1) is 6.92 Å². The molecule has 114 valence electrons. The molecule has 0 amide bonds. The Labute approximate surface area is 143 Å². The van der Waals surface area contributed by atoms with E-state index in [1.54, 1.807) is 6.21 Å². The minimum atomic E-state index is 0.671. The molecular formula is C18H15BrN4. The summed E-state index contributed by atoms with van der Waals surface area (Å²) in [6, 6.07) is 19.7. The number of anilines is 1. The molecule has 0 unspecified atom stereocenters. The zero-order chi connectivity index (χ0) is 16.1. The predicted octanol–water partition coefficient (Wildman–Crippen LogP) is 4.66. The number of rotatable bonds is 4. The maximum Gasteiger partial charge on any atom is 0.161 e. The van der Waals surface area contributed by atoms with Gasteiger partial charge in [0.1, 0.15) is 0 Å². The number of halogens is 1. The molecule has 0 saturated carbocycles. The van der Waals surface area contributed by atoms with Crippen molar-refractivity contribution < 1.29 is 0 Å². The van der Waals surface area contributed by atoms with Crippen molar-refractivity contribution in [2.45, 2.75) is 6.92 Å². The van der Waals surface area contributed by atoms with Gasteiger partial charge in [0, 0.05) is 21.8 Å². The van der Waals surface area contributed by atoms with E-state index >= 15 is 0 Å². The van der Waals surface area contributed by atoms with E-state index in [1.807, 2.05) is 67.6 Å². The molecule has 0 aliphatic rings. The largest absolute Gasteiger partial charge is 0.261 e. The zero-order valence-electron chi connectivity index (χ0n) is 12.6. The topological polar surface area (TPSA) is 50.2 Å². The van der Waals surface area contributed by atoms with E-state index in [4.69, 9.17) is 0 Å². The molecule has 3 aromatic rings. The van der Waals surface area contributed by atoms with Crippen LogP contribution in [0.2, 0.25) is 0 Å². The fourth-order valence-corrected chi connectivity index (χ4v) is 2.33. The van der Waals surface area contributed by atoms with Gasteiger partial charge in [-0.2, -0.15) is 5.10 Å². The lowest BCUT2D eigenvalue weighted by Gasteiger charge is -2.05. The van der Waals surface area contributed by atoms with Crippen molar-refractivity contribution in [1.29, 1.82) is 0 Å². The molecule has 1 heterocycles. The van der Waals surface area contributed by atoms with E-state index in [-0.39, 0.29) is 0 Å². The normalized spacial score (nSPS) is 10.9. The van der Waals surface area contributed by atoms with E-state index < -0.39 is 0 Å². The Kier molecular flexibility index (Phi) is 4.78. The summed E-state index contributed by atoms with van der Waals surface area (Å²) in [4.78, 5) is 8.98. The van der Waals surface area contributed by atoms with Crippen molar-refractivity contribution in [2.75, 3.05) is 5.43 Å². The Morgan fingerprint density at radius 3 is 2.48 bits per heavy atom. The van der Waals surface area contributed by atoms with Gasteiger partial charge in [0.15, 0.2) is 11.6 Å². The molecule has 0 fully saturated rings. The van der Waals surface area contributed by atoms with Crippen LogP contribution < -0.4 is 5.43 Å². The summed E-state index contributed by atoms with van der Waals surface area (Å²) >= 11 is 3.41. The van der Waals surface area contributed by atoms with Gasteiger partial charge in [0.2, 0.25) is 0 Å². The third-order valence-electron chi connectivity index (χ3n) is 3.15. The standard InChI is InChI=1S/C18H15BrN4/c1-13-11-17(22-18(21-13)15-5-3-2-4-6-15)23-20-12-14-7-9-16(19)10-8-14/h2-12H,1H3,(H,21,22,23)/b20-12-. The maximum absolute atomic E-state index is 4.51. The third kappa shape index (κ3) is 4.23. The van der Waals surface area contributed by atoms with Gasteiger partial charge in [-0.15, -0.1) is 0 Å². The van der Waals surface area contributed by atoms with Gasteiger partial charge in [-0.05, 0) is 24.6 Å². The maximum atomic E-state index is 4.51. The van der Waals surface area contributed by atoms with Crippen LogP contribution in [0.5, 0.6) is 0 Å². The third-order valence-corrected chi connectivity index (χ3v) is 3.68. The highest BCUT2D eigenvalue weighted by molar-refractivity contribution is 9.10. The van der Waals surface area contributed by atoms with Crippen molar-refractivity contribution in [3.8, 4) is 11.4 Å². The van der Waals surface area contributed by atoms with E-state index in [0.29, 0.717) is 11.6 Å². The van der Waals surface area contributed by atoms with Crippen molar-refractivity contribution in [1.82, 2.24) is 9.97 Å². The van der Waals surface area contributed by atoms with Crippen molar-refractivity contribution in [3.63, 3.8) is 0 Å². The quantitative estimate of drug-likeness (QED) is 0.539. The second kappa shape index (κ2) is 7.15. The SMILES string of the molecule is Cc1cc(N/N=C\c2ccc(Br)cc2)nc(-c2ccccc2)n1. The van der Waals surface area contributed by atoms with Crippen LogP contribution in [-0.2, 0) is 0 Å². The average molecular weight is 367 g/mol. The highest BCUT2D eigenvalue weighted by Gasteiger charge is 2.03. The number of hydrogen-bond donors (Lipinski definition) is 1. The lowest BCUT2D eigenvalue weighted by Crippen LogP contribution is -1.99. The molecule has 0 saturated heterocycles. The van der Waals surface area contributed by atoms with Crippen molar-refractivity contribution in [2.24, 2.45) is 5.10 Å². The second-order valence-corrected chi connectivity index (χ2v) is 5.92. The monoisotopic (exact) mass is 366 g/mol. The summed E-state index contributed by atoms with van der Waals surface area (Å²) in [7, 11) is 0. The summed E-state index contributed by atoms with van der Waals surface area (Å²) in [5.41, 5.74) is 5.85. The second-order valence-electron chi connectivity index (χ2n) is 5.01. The highest BCUT2D eigenvalue weighted by atomic mass is 79.9. The van der Waals surface area contributed by atoms with Gasteiger partial charge < -0.3 is 0 Å². The highest BCUT2D eigenvalue weighted by Crippen LogP contribution is 2.17. The molecule has 5 heteroatoms. The van der Waals surface area contributed by atoms with E-state index in [1.165, 1.54) is 0 Å². The molecule has 0 aliphatic carbocycles. The molecule has 1 aromatic heterocycles. The molecule has 0 spiro atoms. The summed E-state index contributed by atoms with van der Waals surface area (Å²) in [5, 5.41) is 4.24. The molecular weight excluding hydrogens is 352 g/mol. The van der Waals surface area contributed by atoms with Crippen LogP contribution in [0.25, 0.3) is 11.4 Å². The van der Waals surface area contributed by atoms with Gasteiger partial charge in [-0.1, -0.05) is 58.4 Å².